The van der Waals surface area contributed by atoms with Crippen LogP contribution in [0.25, 0.3) is 6.08 Å². The maximum Gasteiger partial charge on any atom is 0.363 e. The molecule has 172 valence electrons. The highest BCUT2D eigenvalue weighted by Crippen LogP contribution is 2.31. The van der Waals surface area contributed by atoms with Gasteiger partial charge in [0.2, 0.25) is 5.90 Å². The first kappa shape index (κ1) is 23.8. The number of cyclic esters (lactones) is 1. The number of anilines is 1. The Morgan fingerprint density at radius 3 is 2.21 bits per heavy atom. The van der Waals surface area contributed by atoms with Crippen molar-refractivity contribution in [2.75, 3.05) is 10.8 Å². The van der Waals surface area contributed by atoms with Crippen LogP contribution in [0.4, 0.5) is 5.69 Å². The molecule has 3 aromatic carbocycles. The number of nitrogens with zero attached hydrogens (tertiary/aromatic N) is 2. The number of ether oxygens (including phenoxy) is 1. The van der Waals surface area contributed by atoms with E-state index in [1.165, 1.54) is 34.6 Å². The predicted molar refractivity (Wildman–Crippen MR) is 135 cm³/mol. The predicted octanol–water partition coefficient (Wildman–Crippen LogP) is 5.72. The van der Waals surface area contributed by atoms with Gasteiger partial charge in [-0.1, -0.05) is 53.5 Å². The van der Waals surface area contributed by atoms with Gasteiger partial charge in [0.05, 0.1) is 22.7 Å². The minimum Gasteiger partial charge on any atom is -0.402 e. The summed E-state index contributed by atoms with van der Waals surface area (Å²) in [5, 5.41) is 0.986. The molecule has 0 aliphatic carbocycles. The van der Waals surface area contributed by atoms with Crippen LogP contribution < -0.4 is 4.31 Å². The normalized spacial score (nSPS) is 14.6. The third-order valence-corrected chi connectivity index (χ3v) is 7.19. The summed E-state index contributed by atoms with van der Waals surface area (Å²) >= 11 is 11.8. The second kappa shape index (κ2) is 9.85. The van der Waals surface area contributed by atoms with E-state index in [9.17, 15) is 13.2 Å². The van der Waals surface area contributed by atoms with E-state index in [2.05, 4.69) is 11.6 Å². The van der Waals surface area contributed by atoms with Gasteiger partial charge in [-0.15, -0.1) is 6.58 Å². The fourth-order valence-corrected chi connectivity index (χ4v) is 5.00. The molecule has 3 aromatic rings. The van der Waals surface area contributed by atoms with Crippen LogP contribution in [0.3, 0.4) is 0 Å². The van der Waals surface area contributed by atoms with Crippen molar-refractivity contribution in [3.05, 3.63) is 112 Å². The molecule has 0 bridgehead atoms. The number of halogens is 2. The summed E-state index contributed by atoms with van der Waals surface area (Å²) in [7, 11) is -3.98. The van der Waals surface area contributed by atoms with Gasteiger partial charge in [-0.05, 0) is 60.2 Å². The molecular formula is C25H18Cl2N2O4S. The number of hydrogen-bond donors (Lipinski definition) is 0. The van der Waals surface area contributed by atoms with E-state index in [-0.39, 0.29) is 28.7 Å². The number of benzene rings is 3. The maximum atomic E-state index is 13.5. The van der Waals surface area contributed by atoms with Crippen LogP contribution >= 0.6 is 23.2 Å². The van der Waals surface area contributed by atoms with Gasteiger partial charge in [0.1, 0.15) is 0 Å². The molecule has 0 atom stereocenters. The van der Waals surface area contributed by atoms with Gasteiger partial charge in [0.25, 0.3) is 10.0 Å². The standard InChI is InChI=1S/C25H18Cl2N2O4S/c1-2-15-29(34(31,32)20-13-11-19(27)12-14-20)23-6-4-3-5-21(23)24-28-22(25(30)33-24)16-17-7-9-18(26)10-8-17/h2-14,16H,1,15H2. The fourth-order valence-electron chi connectivity index (χ4n) is 3.29. The molecule has 0 spiro atoms. The number of sulfonamides is 1. The van der Waals surface area contributed by atoms with Crippen molar-refractivity contribution in [3.8, 4) is 0 Å². The Bertz CT molecular complexity index is 1410. The minimum atomic E-state index is -3.98. The zero-order valence-electron chi connectivity index (χ0n) is 17.7. The van der Waals surface area contributed by atoms with Gasteiger partial charge >= 0.3 is 5.97 Å². The molecule has 0 unspecified atom stereocenters. The molecule has 9 heteroatoms. The first-order valence-electron chi connectivity index (χ1n) is 10.1. The van der Waals surface area contributed by atoms with Gasteiger partial charge in [0, 0.05) is 10.0 Å². The molecule has 0 fully saturated rings. The number of carbonyl (C=O) groups is 1. The van der Waals surface area contributed by atoms with Crippen molar-refractivity contribution < 1.29 is 17.9 Å². The van der Waals surface area contributed by atoms with Crippen LogP contribution in [0, 0.1) is 0 Å². The van der Waals surface area contributed by atoms with E-state index in [1.54, 1.807) is 54.6 Å². The Balaban J connectivity index is 1.77. The monoisotopic (exact) mass is 512 g/mol. The summed E-state index contributed by atoms with van der Waals surface area (Å²) in [5.74, 6) is -0.642. The Morgan fingerprint density at radius 1 is 0.941 bits per heavy atom. The number of hydrogen-bond acceptors (Lipinski definition) is 5. The molecular weight excluding hydrogens is 495 g/mol. The zero-order valence-corrected chi connectivity index (χ0v) is 20.0. The average molecular weight is 513 g/mol. The SMILES string of the molecule is C=CCN(c1ccccc1C1=NC(=Cc2ccc(Cl)cc2)C(=O)O1)S(=O)(=O)c1ccc(Cl)cc1. The lowest BCUT2D eigenvalue weighted by Gasteiger charge is -2.25. The fraction of sp³-hybridized carbons (Fsp3) is 0.0400. The van der Waals surface area contributed by atoms with E-state index in [4.69, 9.17) is 27.9 Å². The van der Waals surface area contributed by atoms with E-state index in [1.807, 2.05) is 0 Å². The third-order valence-electron chi connectivity index (χ3n) is 4.89. The van der Waals surface area contributed by atoms with Gasteiger partial charge in [0.15, 0.2) is 5.70 Å². The van der Waals surface area contributed by atoms with Crippen molar-refractivity contribution in [2.24, 2.45) is 4.99 Å². The Kier molecular flexibility index (Phi) is 6.88. The largest absolute Gasteiger partial charge is 0.402 e. The smallest absolute Gasteiger partial charge is 0.363 e. The van der Waals surface area contributed by atoms with Crippen molar-refractivity contribution in [2.45, 2.75) is 4.90 Å². The Labute approximate surface area is 207 Å². The van der Waals surface area contributed by atoms with Crippen molar-refractivity contribution >= 4 is 56.9 Å². The van der Waals surface area contributed by atoms with Gasteiger partial charge in [-0.25, -0.2) is 18.2 Å². The lowest BCUT2D eigenvalue weighted by Crippen LogP contribution is -2.32. The van der Waals surface area contributed by atoms with Crippen LogP contribution in [0.1, 0.15) is 11.1 Å². The molecule has 0 saturated carbocycles. The molecule has 0 aromatic heterocycles. The Morgan fingerprint density at radius 2 is 1.56 bits per heavy atom. The molecule has 34 heavy (non-hydrogen) atoms. The minimum absolute atomic E-state index is 0.00109. The van der Waals surface area contributed by atoms with Crippen LogP contribution in [0.5, 0.6) is 0 Å². The highest BCUT2D eigenvalue weighted by atomic mass is 35.5. The lowest BCUT2D eigenvalue weighted by atomic mass is 10.1. The summed E-state index contributed by atoms with van der Waals surface area (Å²) in [6.07, 6.45) is 3.04. The molecule has 4 rings (SSSR count). The molecule has 0 radical (unpaired) electrons. The van der Waals surface area contributed by atoms with Gasteiger partial charge in [-0.3, -0.25) is 4.31 Å². The first-order valence-corrected chi connectivity index (χ1v) is 12.3. The quantitative estimate of drug-likeness (QED) is 0.230. The maximum absolute atomic E-state index is 13.5. The number of esters is 1. The highest BCUT2D eigenvalue weighted by Gasteiger charge is 2.31. The molecule has 0 saturated heterocycles. The van der Waals surface area contributed by atoms with Crippen molar-refractivity contribution in [3.63, 3.8) is 0 Å². The number of para-hydroxylation sites is 1. The van der Waals surface area contributed by atoms with Crippen molar-refractivity contribution in [1.82, 2.24) is 0 Å². The zero-order chi connectivity index (χ0) is 24.3. The van der Waals surface area contributed by atoms with Crippen LogP contribution in [0.15, 0.2) is 101 Å². The summed E-state index contributed by atoms with van der Waals surface area (Å²) in [6.45, 7) is 3.67. The second-order valence-corrected chi connectivity index (χ2v) is 9.92. The molecule has 6 nitrogen and oxygen atoms in total. The van der Waals surface area contributed by atoms with Crippen LogP contribution in [-0.4, -0.2) is 26.8 Å². The summed E-state index contributed by atoms with van der Waals surface area (Å²) in [6, 6.07) is 19.4. The molecule has 1 aliphatic rings. The first-order chi connectivity index (χ1) is 16.3. The number of aliphatic imine (C=N–C) groups is 1. The summed E-state index contributed by atoms with van der Waals surface area (Å²) in [5.41, 5.74) is 1.43. The average Bonchev–Trinajstić information content (AvgIpc) is 3.19. The van der Waals surface area contributed by atoms with Crippen molar-refractivity contribution in [1.29, 1.82) is 0 Å². The van der Waals surface area contributed by atoms with Crippen LogP contribution in [-0.2, 0) is 19.6 Å². The van der Waals surface area contributed by atoms with Crippen LogP contribution in [0.2, 0.25) is 10.0 Å². The number of carbonyl (C=O) groups excluding carboxylic acids is 1. The third kappa shape index (κ3) is 4.92. The second-order valence-electron chi connectivity index (χ2n) is 7.18. The van der Waals surface area contributed by atoms with E-state index < -0.39 is 16.0 Å². The lowest BCUT2D eigenvalue weighted by molar-refractivity contribution is -0.129. The molecule has 0 amide bonds. The Hall–Kier alpha value is -3.39. The van der Waals surface area contributed by atoms with Gasteiger partial charge in [-0.2, -0.15) is 0 Å². The molecule has 1 heterocycles. The van der Waals surface area contributed by atoms with E-state index in [0.29, 0.717) is 21.2 Å². The van der Waals surface area contributed by atoms with E-state index >= 15 is 0 Å². The molecule has 0 N–H and O–H groups in total. The number of rotatable bonds is 7. The van der Waals surface area contributed by atoms with Gasteiger partial charge < -0.3 is 4.74 Å². The van der Waals surface area contributed by atoms with E-state index in [0.717, 1.165) is 0 Å². The summed E-state index contributed by atoms with van der Waals surface area (Å²) in [4.78, 5) is 16.9. The topological polar surface area (TPSA) is 76.0 Å². The highest BCUT2D eigenvalue weighted by molar-refractivity contribution is 7.92. The summed E-state index contributed by atoms with van der Waals surface area (Å²) < 4.78 is 33.5. The molecule has 1 aliphatic heterocycles.